The van der Waals surface area contributed by atoms with Gasteiger partial charge in [-0.25, -0.2) is 4.68 Å². The molecule has 1 atom stereocenters. The zero-order valence-corrected chi connectivity index (χ0v) is 17.8. The first-order valence-electron chi connectivity index (χ1n) is 10.9. The highest BCUT2D eigenvalue weighted by Gasteiger charge is 2.29. The zero-order chi connectivity index (χ0) is 21.5. The lowest BCUT2D eigenvalue weighted by atomic mass is 9.98. The molecule has 0 saturated carbocycles. The van der Waals surface area contributed by atoms with Gasteiger partial charge >= 0.3 is 0 Å². The molecule has 0 amide bonds. The molecule has 4 heteroatoms. The van der Waals surface area contributed by atoms with E-state index >= 15 is 0 Å². The number of fused-ring (bicyclic) bond motifs is 4. The van der Waals surface area contributed by atoms with E-state index in [2.05, 4.69) is 88.9 Å². The fraction of sp³-hybridized carbons (Fsp3) is 0.107. The van der Waals surface area contributed by atoms with Crippen molar-refractivity contribution in [3.05, 3.63) is 114 Å². The van der Waals surface area contributed by atoms with Crippen LogP contribution in [0.1, 0.15) is 23.0 Å². The Kier molecular flexibility index (Phi) is 4.43. The molecule has 0 saturated heterocycles. The van der Waals surface area contributed by atoms with Crippen molar-refractivity contribution in [2.24, 2.45) is 0 Å². The van der Waals surface area contributed by atoms with Crippen LogP contribution in [0.2, 0.25) is 0 Å². The summed E-state index contributed by atoms with van der Waals surface area (Å²) in [5.41, 5.74) is 6.62. The first-order valence-corrected chi connectivity index (χ1v) is 10.9. The predicted octanol–water partition coefficient (Wildman–Crippen LogP) is 6.56. The van der Waals surface area contributed by atoms with Crippen molar-refractivity contribution in [1.29, 1.82) is 0 Å². The maximum atomic E-state index is 6.41. The maximum absolute atomic E-state index is 6.41. The highest BCUT2D eigenvalue weighted by Crippen LogP contribution is 2.43. The smallest absolute Gasteiger partial charge is 0.151 e. The molecule has 0 aliphatic carbocycles. The summed E-state index contributed by atoms with van der Waals surface area (Å²) in [6, 6.07) is 33.5. The molecule has 0 fully saturated rings. The van der Waals surface area contributed by atoms with Gasteiger partial charge in [-0.05, 0) is 41.5 Å². The summed E-state index contributed by atoms with van der Waals surface area (Å²) < 4.78 is 8.51. The van der Waals surface area contributed by atoms with Gasteiger partial charge in [0.1, 0.15) is 12.4 Å². The molecular formula is C28H23N3O. The zero-order valence-electron chi connectivity index (χ0n) is 17.8. The fourth-order valence-corrected chi connectivity index (χ4v) is 4.57. The van der Waals surface area contributed by atoms with Crippen LogP contribution in [0.5, 0.6) is 5.75 Å². The van der Waals surface area contributed by atoms with Crippen molar-refractivity contribution in [3.63, 3.8) is 0 Å². The van der Waals surface area contributed by atoms with Crippen molar-refractivity contribution in [1.82, 2.24) is 9.78 Å². The fourth-order valence-electron chi connectivity index (χ4n) is 4.57. The van der Waals surface area contributed by atoms with Crippen molar-refractivity contribution >= 4 is 16.5 Å². The van der Waals surface area contributed by atoms with Gasteiger partial charge in [-0.1, -0.05) is 78.9 Å². The van der Waals surface area contributed by atoms with Crippen LogP contribution < -0.4 is 10.1 Å². The first kappa shape index (κ1) is 18.7. The third kappa shape index (κ3) is 3.12. The molecule has 0 radical (unpaired) electrons. The Balaban J connectivity index is 1.52. The van der Waals surface area contributed by atoms with Crippen molar-refractivity contribution in [2.45, 2.75) is 19.7 Å². The van der Waals surface area contributed by atoms with Crippen LogP contribution >= 0.6 is 0 Å². The van der Waals surface area contributed by atoms with Crippen LogP contribution in [0.4, 0.5) is 5.69 Å². The summed E-state index contributed by atoms with van der Waals surface area (Å²) in [5, 5.41) is 10.9. The number of nitrogens with one attached hydrogen (secondary N) is 1. The molecule has 5 aromatic rings. The summed E-state index contributed by atoms with van der Waals surface area (Å²) in [6.45, 7) is 2.56. The lowest BCUT2D eigenvalue weighted by molar-refractivity contribution is 0.300. The Hall–Kier alpha value is -4.05. The molecule has 1 aromatic heterocycles. The van der Waals surface area contributed by atoms with E-state index in [0.717, 1.165) is 44.9 Å². The number of hydrogen-bond acceptors (Lipinski definition) is 3. The lowest BCUT2D eigenvalue weighted by Crippen LogP contribution is -2.26. The first-order chi connectivity index (χ1) is 15.8. The topological polar surface area (TPSA) is 39.1 Å². The van der Waals surface area contributed by atoms with Gasteiger partial charge in [-0.3, -0.25) is 0 Å². The van der Waals surface area contributed by atoms with Crippen LogP contribution in [0.15, 0.2) is 97.1 Å². The second kappa shape index (κ2) is 7.57. The summed E-state index contributed by atoms with van der Waals surface area (Å²) in [7, 11) is 0. The highest BCUT2D eigenvalue weighted by molar-refractivity contribution is 5.89. The largest absolute Gasteiger partial charge is 0.488 e. The van der Waals surface area contributed by atoms with Gasteiger partial charge in [0.2, 0.25) is 0 Å². The standard InChI is InChI=1S/C28H23N3O/c1-19-17-25-23-13-7-8-14-24(23)29-28(31(25)30-19)27-22-12-6-5-11-21(22)15-16-26(27)32-18-20-9-3-2-4-10-20/h2-17,28-29H,18H2,1H3. The summed E-state index contributed by atoms with van der Waals surface area (Å²) in [6.07, 6.45) is -0.175. The SMILES string of the molecule is Cc1cc2n(n1)C(c1c(OCc3ccccc3)ccc3ccccc13)Nc1ccccc1-2. The Labute approximate surface area is 187 Å². The van der Waals surface area contributed by atoms with Crippen LogP contribution in [-0.2, 0) is 6.61 Å². The van der Waals surface area contributed by atoms with Crippen LogP contribution in [0.3, 0.4) is 0 Å². The lowest BCUT2D eigenvalue weighted by Gasteiger charge is -2.31. The number of anilines is 1. The number of nitrogens with zero attached hydrogens (tertiary/aromatic N) is 2. The third-order valence-electron chi connectivity index (χ3n) is 6.04. The summed E-state index contributed by atoms with van der Waals surface area (Å²) in [4.78, 5) is 0. The van der Waals surface area contributed by atoms with Crippen LogP contribution in [0, 0.1) is 6.92 Å². The van der Waals surface area contributed by atoms with E-state index in [4.69, 9.17) is 9.84 Å². The number of benzene rings is 4. The molecule has 1 unspecified atom stereocenters. The molecule has 1 aliphatic rings. The minimum Gasteiger partial charge on any atom is -0.488 e. The summed E-state index contributed by atoms with van der Waals surface area (Å²) >= 11 is 0. The number of para-hydroxylation sites is 1. The number of aryl methyl sites for hydroxylation is 1. The van der Waals surface area contributed by atoms with E-state index in [-0.39, 0.29) is 6.17 Å². The minimum atomic E-state index is -0.175. The van der Waals surface area contributed by atoms with Crippen molar-refractivity contribution in [2.75, 3.05) is 5.32 Å². The van der Waals surface area contributed by atoms with Gasteiger partial charge in [0.25, 0.3) is 0 Å². The van der Waals surface area contributed by atoms with Crippen molar-refractivity contribution < 1.29 is 4.74 Å². The van der Waals surface area contributed by atoms with Gasteiger partial charge in [0, 0.05) is 16.8 Å². The number of hydrogen-bond donors (Lipinski definition) is 1. The second-order valence-electron chi connectivity index (χ2n) is 8.18. The minimum absolute atomic E-state index is 0.175. The molecule has 2 heterocycles. The van der Waals surface area contributed by atoms with E-state index < -0.39 is 0 Å². The Bertz CT molecular complexity index is 1420. The second-order valence-corrected chi connectivity index (χ2v) is 8.18. The van der Waals surface area contributed by atoms with Gasteiger partial charge in [0.05, 0.1) is 11.4 Å². The highest BCUT2D eigenvalue weighted by atomic mass is 16.5. The van der Waals surface area contributed by atoms with E-state index in [1.807, 2.05) is 25.1 Å². The third-order valence-corrected chi connectivity index (χ3v) is 6.04. The van der Waals surface area contributed by atoms with Gasteiger partial charge in [0.15, 0.2) is 6.17 Å². The van der Waals surface area contributed by atoms with E-state index in [9.17, 15) is 0 Å². The molecule has 1 aliphatic heterocycles. The Morgan fingerprint density at radius 2 is 1.66 bits per heavy atom. The number of rotatable bonds is 4. The molecule has 0 bridgehead atoms. The molecule has 32 heavy (non-hydrogen) atoms. The average molecular weight is 418 g/mol. The normalized spacial score (nSPS) is 14.5. The van der Waals surface area contributed by atoms with Gasteiger partial charge < -0.3 is 10.1 Å². The van der Waals surface area contributed by atoms with E-state index in [1.54, 1.807) is 0 Å². The van der Waals surface area contributed by atoms with Gasteiger partial charge in [-0.15, -0.1) is 0 Å². The molecule has 6 rings (SSSR count). The molecule has 0 spiro atoms. The molecular weight excluding hydrogens is 394 g/mol. The van der Waals surface area contributed by atoms with E-state index in [1.165, 1.54) is 5.39 Å². The summed E-state index contributed by atoms with van der Waals surface area (Å²) in [5.74, 6) is 0.864. The maximum Gasteiger partial charge on any atom is 0.151 e. The average Bonchev–Trinajstić information content (AvgIpc) is 3.24. The molecule has 4 aromatic carbocycles. The van der Waals surface area contributed by atoms with Gasteiger partial charge in [-0.2, -0.15) is 5.10 Å². The quantitative estimate of drug-likeness (QED) is 0.360. The molecule has 4 nitrogen and oxygen atoms in total. The van der Waals surface area contributed by atoms with Crippen molar-refractivity contribution in [3.8, 4) is 17.0 Å². The number of ether oxygens (including phenoxy) is 1. The number of aromatic nitrogens is 2. The molecule has 1 N–H and O–H groups in total. The Morgan fingerprint density at radius 1 is 0.875 bits per heavy atom. The van der Waals surface area contributed by atoms with E-state index in [0.29, 0.717) is 6.61 Å². The van der Waals surface area contributed by atoms with Crippen LogP contribution in [-0.4, -0.2) is 9.78 Å². The Morgan fingerprint density at radius 3 is 2.56 bits per heavy atom. The van der Waals surface area contributed by atoms with Crippen LogP contribution in [0.25, 0.3) is 22.0 Å². The predicted molar refractivity (Wildman–Crippen MR) is 129 cm³/mol. The molecule has 156 valence electrons. The monoisotopic (exact) mass is 417 g/mol.